The van der Waals surface area contributed by atoms with Gasteiger partial charge in [0.15, 0.2) is 5.82 Å². The lowest BCUT2D eigenvalue weighted by Gasteiger charge is -2.05. The van der Waals surface area contributed by atoms with E-state index in [0.717, 1.165) is 5.56 Å². The maximum atomic E-state index is 11.7. The summed E-state index contributed by atoms with van der Waals surface area (Å²) >= 11 is 0. The number of nitrogens with one attached hydrogen (secondary N) is 1. The zero-order valence-corrected chi connectivity index (χ0v) is 9.82. The van der Waals surface area contributed by atoms with Gasteiger partial charge in [0.2, 0.25) is 0 Å². The van der Waals surface area contributed by atoms with Crippen LogP contribution >= 0.6 is 0 Å². The molecular weight excluding hydrogens is 216 g/mol. The molecule has 0 saturated heterocycles. The van der Waals surface area contributed by atoms with E-state index in [1.165, 1.54) is 0 Å². The molecule has 2 rings (SSSR count). The molecule has 3 N–H and O–H groups in total. The molecule has 88 valence electrons. The summed E-state index contributed by atoms with van der Waals surface area (Å²) in [4.78, 5) is 22.8. The number of hydrogen-bond acceptors (Lipinski definition) is 4. The number of pyridine rings is 1. The van der Waals surface area contributed by atoms with Crippen LogP contribution in [0.5, 0.6) is 0 Å². The van der Waals surface area contributed by atoms with Gasteiger partial charge in [0.05, 0.1) is 5.56 Å². The van der Waals surface area contributed by atoms with E-state index >= 15 is 0 Å². The highest BCUT2D eigenvalue weighted by atomic mass is 16.1. The third-order valence-corrected chi connectivity index (χ3v) is 2.56. The van der Waals surface area contributed by atoms with Gasteiger partial charge >= 0.3 is 0 Å². The highest BCUT2D eigenvalue weighted by Gasteiger charge is 2.09. The number of aromatic nitrogens is 3. The first-order chi connectivity index (χ1) is 8.11. The standard InChI is InChI=1S/C12H14N4O/c1-3-8-10(13)15-11(16-12(8)17)9-6-7(2)4-5-14-9/h4-6H,3H2,1-2H3,(H3,13,15,16,17). The zero-order chi connectivity index (χ0) is 12.4. The van der Waals surface area contributed by atoms with Crippen LogP contribution in [0.25, 0.3) is 11.5 Å². The van der Waals surface area contributed by atoms with Crippen molar-refractivity contribution >= 4 is 5.82 Å². The van der Waals surface area contributed by atoms with Crippen LogP contribution in [0.2, 0.25) is 0 Å². The van der Waals surface area contributed by atoms with Crippen LogP contribution in [0.1, 0.15) is 18.1 Å². The van der Waals surface area contributed by atoms with Gasteiger partial charge in [-0.25, -0.2) is 4.98 Å². The molecule has 0 aliphatic rings. The van der Waals surface area contributed by atoms with Gasteiger partial charge < -0.3 is 10.7 Å². The van der Waals surface area contributed by atoms with Gasteiger partial charge in [0, 0.05) is 6.20 Å². The molecule has 0 aliphatic heterocycles. The molecule has 0 amide bonds. The van der Waals surface area contributed by atoms with Gasteiger partial charge in [-0.15, -0.1) is 0 Å². The Hall–Kier alpha value is -2.17. The van der Waals surface area contributed by atoms with E-state index in [-0.39, 0.29) is 11.4 Å². The fourth-order valence-electron chi connectivity index (χ4n) is 1.64. The molecule has 0 unspecified atom stereocenters. The molecule has 0 radical (unpaired) electrons. The molecule has 0 spiro atoms. The number of H-pyrrole nitrogens is 1. The lowest BCUT2D eigenvalue weighted by molar-refractivity contribution is 1.01. The second kappa shape index (κ2) is 4.37. The monoisotopic (exact) mass is 230 g/mol. The molecular formula is C12H14N4O. The smallest absolute Gasteiger partial charge is 0.256 e. The first kappa shape index (κ1) is 11.3. The molecule has 5 heteroatoms. The van der Waals surface area contributed by atoms with Gasteiger partial charge in [-0.05, 0) is 31.0 Å². The van der Waals surface area contributed by atoms with Crippen LogP contribution in [-0.4, -0.2) is 15.0 Å². The zero-order valence-electron chi connectivity index (χ0n) is 9.82. The number of aromatic amines is 1. The fourth-order valence-corrected chi connectivity index (χ4v) is 1.64. The normalized spacial score (nSPS) is 10.5. The predicted octanol–water partition coefficient (Wildman–Crippen LogP) is 1.28. The van der Waals surface area contributed by atoms with E-state index in [4.69, 9.17) is 5.73 Å². The highest BCUT2D eigenvalue weighted by Crippen LogP contribution is 2.14. The Balaban J connectivity index is 2.58. The minimum Gasteiger partial charge on any atom is -0.383 e. The van der Waals surface area contributed by atoms with Crippen LogP contribution in [0, 0.1) is 6.92 Å². The van der Waals surface area contributed by atoms with Crippen molar-refractivity contribution in [2.75, 3.05) is 5.73 Å². The second-order valence-electron chi connectivity index (χ2n) is 3.85. The largest absolute Gasteiger partial charge is 0.383 e. The Morgan fingerprint density at radius 3 is 2.82 bits per heavy atom. The summed E-state index contributed by atoms with van der Waals surface area (Å²) in [7, 11) is 0. The van der Waals surface area contributed by atoms with Crippen LogP contribution in [-0.2, 0) is 6.42 Å². The van der Waals surface area contributed by atoms with Gasteiger partial charge in [-0.1, -0.05) is 6.92 Å². The molecule has 2 aromatic rings. The topological polar surface area (TPSA) is 84.7 Å². The summed E-state index contributed by atoms with van der Waals surface area (Å²) in [6.45, 7) is 3.82. The van der Waals surface area contributed by atoms with Crippen molar-refractivity contribution in [3.05, 3.63) is 39.8 Å². The van der Waals surface area contributed by atoms with E-state index in [1.807, 2.05) is 26.0 Å². The van der Waals surface area contributed by atoms with Crippen molar-refractivity contribution < 1.29 is 0 Å². The summed E-state index contributed by atoms with van der Waals surface area (Å²) in [5.74, 6) is 0.683. The van der Waals surface area contributed by atoms with Crippen LogP contribution < -0.4 is 11.3 Å². The summed E-state index contributed by atoms with van der Waals surface area (Å²) in [5.41, 5.74) is 7.74. The van der Waals surface area contributed by atoms with Crippen molar-refractivity contribution in [2.24, 2.45) is 0 Å². The minimum atomic E-state index is -0.196. The van der Waals surface area contributed by atoms with Gasteiger partial charge in [0.25, 0.3) is 5.56 Å². The van der Waals surface area contributed by atoms with E-state index in [2.05, 4.69) is 15.0 Å². The Labute approximate surface area is 98.7 Å². The molecule has 0 fully saturated rings. The number of hydrogen-bond donors (Lipinski definition) is 2. The van der Waals surface area contributed by atoms with E-state index < -0.39 is 0 Å². The number of nitrogens with zero attached hydrogens (tertiary/aromatic N) is 2. The summed E-state index contributed by atoms with van der Waals surface area (Å²) in [5, 5.41) is 0. The Bertz CT molecular complexity index is 604. The maximum Gasteiger partial charge on any atom is 0.256 e. The number of nitrogen functional groups attached to an aromatic ring is 1. The lowest BCUT2D eigenvalue weighted by Crippen LogP contribution is -2.17. The van der Waals surface area contributed by atoms with Gasteiger partial charge in [-0.3, -0.25) is 9.78 Å². The van der Waals surface area contributed by atoms with Gasteiger partial charge in [0.1, 0.15) is 11.5 Å². The Morgan fingerprint density at radius 1 is 1.47 bits per heavy atom. The summed E-state index contributed by atoms with van der Waals surface area (Å²) in [6, 6.07) is 3.73. The van der Waals surface area contributed by atoms with E-state index in [1.54, 1.807) is 6.20 Å². The molecule has 0 aromatic carbocycles. The number of anilines is 1. The average Bonchev–Trinajstić information content (AvgIpc) is 2.28. The SMILES string of the molecule is CCc1c(N)nc(-c2cc(C)ccn2)[nH]c1=O. The quantitative estimate of drug-likeness (QED) is 0.814. The maximum absolute atomic E-state index is 11.7. The highest BCUT2D eigenvalue weighted by molar-refractivity contribution is 5.53. The second-order valence-corrected chi connectivity index (χ2v) is 3.85. The van der Waals surface area contributed by atoms with Gasteiger partial charge in [-0.2, -0.15) is 0 Å². The van der Waals surface area contributed by atoms with Crippen molar-refractivity contribution in [2.45, 2.75) is 20.3 Å². The van der Waals surface area contributed by atoms with Crippen LogP contribution in [0.4, 0.5) is 5.82 Å². The fraction of sp³-hybridized carbons (Fsp3) is 0.250. The molecule has 0 aliphatic carbocycles. The average molecular weight is 230 g/mol. The molecule has 5 nitrogen and oxygen atoms in total. The van der Waals surface area contributed by atoms with Crippen LogP contribution in [0.15, 0.2) is 23.1 Å². The summed E-state index contributed by atoms with van der Waals surface area (Å²) in [6.07, 6.45) is 2.24. The van der Waals surface area contributed by atoms with E-state index in [9.17, 15) is 4.79 Å². The first-order valence-electron chi connectivity index (χ1n) is 5.43. The molecule has 2 aromatic heterocycles. The first-order valence-corrected chi connectivity index (χ1v) is 5.43. The third kappa shape index (κ3) is 2.18. The van der Waals surface area contributed by atoms with Crippen molar-refractivity contribution in [3.63, 3.8) is 0 Å². The summed E-state index contributed by atoms with van der Waals surface area (Å²) < 4.78 is 0. The lowest BCUT2D eigenvalue weighted by atomic mass is 10.2. The molecule has 17 heavy (non-hydrogen) atoms. The van der Waals surface area contributed by atoms with Crippen LogP contribution in [0.3, 0.4) is 0 Å². The minimum absolute atomic E-state index is 0.196. The van der Waals surface area contributed by atoms with E-state index in [0.29, 0.717) is 23.5 Å². The molecule has 0 bridgehead atoms. The predicted molar refractivity (Wildman–Crippen MR) is 66.6 cm³/mol. The van der Waals surface area contributed by atoms with Crippen molar-refractivity contribution in [1.29, 1.82) is 0 Å². The number of aryl methyl sites for hydroxylation is 1. The third-order valence-electron chi connectivity index (χ3n) is 2.56. The molecule has 0 atom stereocenters. The Morgan fingerprint density at radius 2 is 2.24 bits per heavy atom. The number of nitrogens with two attached hydrogens (primary N) is 1. The Kier molecular flexibility index (Phi) is 2.91. The molecule has 0 saturated carbocycles. The molecule has 2 heterocycles. The van der Waals surface area contributed by atoms with Crippen molar-refractivity contribution in [1.82, 2.24) is 15.0 Å². The number of rotatable bonds is 2. The van der Waals surface area contributed by atoms with Crippen molar-refractivity contribution in [3.8, 4) is 11.5 Å².